The van der Waals surface area contributed by atoms with E-state index in [1.165, 1.54) is 4.90 Å². The minimum atomic E-state index is -1.07. The molecule has 3 aromatic rings. The molecule has 1 N–H and O–H groups in total. The number of fused-ring (bicyclic) bond motifs is 1. The summed E-state index contributed by atoms with van der Waals surface area (Å²) in [6.07, 6.45) is 0. The number of urea groups is 1. The largest absolute Gasteiger partial charge is 0.497 e. The van der Waals surface area contributed by atoms with Gasteiger partial charge in [-0.25, -0.2) is 9.69 Å². The van der Waals surface area contributed by atoms with Gasteiger partial charge in [-0.2, -0.15) is 0 Å². The maximum absolute atomic E-state index is 13.4. The molecule has 0 bridgehead atoms. The molecular weight excluding hydrogens is 456 g/mol. The van der Waals surface area contributed by atoms with Gasteiger partial charge in [-0.3, -0.25) is 14.6 Å². The molecule has 188 valence electrons. The molecule has 2 heterocycles. The second kappa shape index (κ2) is 10.2. The highest BCUT2D eigenvalue weighted by atomic mass is 16.5. The third-order valence-corrected chi connectivity index (χ3v) is 7.14. The van der Waals surface area contributed by atoms with Crippen molar-refractivity contribution in [1.29, 1.82) is 0 Å². The lowest BCUT2D eigenvalue weighted by Crippen LogP contribution is -2.52. The van der Waals surface area contributed by atoms with E-state index in [0.717, 1.165) is 60.6 Å². The van der Waals surface area contributed by atoms with Crippen LogP contribution in [0.5, 0.6) is 11.5 Å². The molecule has 0 aliphatic carbocycles. The molecule has 2 fully saturated rings. The fourth-order valence-electron chi connectivity index (χ4n) is 4.84. The Morgan fingerprint density at radius 2 is 1.53 bits per heavy atom. The van der Waals surface area contributed by atoms with Gasteiger partial charge in [-0.15, -0.1) is 0 Å². The molecule has 0 saturated carbocycles. The standard InChI is InChI=1S/C28H32N4O4/c1-28(23-8-7-21-5-3-4-6-22(21)19-23)26(33)32(27(34)29-28)20-31-15-13-30(14-16-31)17-18-36-25-11-9-24(35-2)10-12-25/h3-12,19H,13-18,20H2,1-2H3,(H,29,34)/t28-/m0/s1. The van der Waals surface area contributed by atoms with Crippen molar-refractivity contribution in [2.24, 2.45) is 0 Å². The molecule has 0 unspecified atom stereocenters. The molecule has 2 aliphatic rings. The first-order valence-electron chi connectivity index (χ1n) is 12.3. The second-order valence-corrected chi connectivity index (χ2v) is 9.48. The Morgan fingerprint density at radius 1 is 0.861 bits per heavy atom. The molecule has 0 spiro atoms. The molecule has 36 heavy (non-hydrogen) atoms. The lowest BCUT2D eigenvalue weighted by molar-refractivity contribution is -0.132. The highest BCUT2D eigenvalue weighted by Gasteiger charge is 2.49. The van der Waals surface area contributed by atoms with Gasteiger partial charge in [0.2, 0.25) is 0 Å². The van der Waals surface area contributed by atoms with Crippen LogP contribution in [0, 0.1) is 0 Å². The number of imide groups is 1. The first-order chi connectivity index (χ1) is 17.5. The molecule has 3 aromatic carbocycles. The number of piperazine rings is 1. The van der Waals surface area contributed by atoms with Crippen LogP contribution in [0.25, 0.3) is 10.8 Å². The van der Waals surface area contributed by atoms with Gasteiger partial charge < -0.3 is 14.8 Å². The summed E-state index contributed by atoms with van der Waals surface area (Å²) in [6.45, 7) is 6.79. The molecule has 3 amide bonds. The van der Waals surface area contributed by atoms with E-state index in [9.17, 15) is 9.59 Å². The van der Waals surface area contributed by atoms with Gasteiger partial charge in [0.25, 0.3) is 5.91 Å². The number of nitrogens with zero attached hydrogens (tertiary/aromatic N) is 3. The van der Waals surface area contributed by atoms with Crippen LogP contribution in [0.15, 0.2) is 66.7 Å². The van der Waals surface area contributed by atoms with Crippen LogP contribution in [0.2, 0.25) is 0 Å². The Bertz CT molecular complexity index is 1240. The Balaban J connectivity index is 1.13. The number of methoxy groups -OCH3 is 1. The summed E-state index contributed by atoms with van der Waals surface area (Å²) in [5.74, 6) is 1.42. The van der Waals surface area contributed by atoms with Gasteiger partial charge in [-0.05, 0) is 53.6 Å². The van der Waals surface area contributed by atoms with Crippen molar-refractivity contribution in [1.82, 2.24) is 20.0 Å². The van der Waals surface area contributed by atoms with Gasteiger partial charge in [0.1, 0.15) is 23.6 Å². The Kier molecular flexibility index (Phi) is 6.80. The topological polar surface area (TPSA) is 74.4 Å². The fourth-order valence-corrected chi connectivity index (χ4v) is 4.84. The van der Waals surface area contributed by atoms with E-state index < -0.39 is 5.54 Å². The molecule has 5 rings (SSSR count). The molecule has 2 saturated heterocycles. The van der Waals surface area contributed by atoms with Gasteiger partial charge in [0.05, 0.1) is 13.8 Å². The van der Waals surface area contributed by atoms with Crippen LogP contribution in [0.4, 0.5) is 4.79 Å². The van der Waals surface area contributed by atoms with Crippen molar-refractivity contribution in [2.75, 3.05) is 53.1 Å². The average molecular weight is 489 g/mol. The van der Waals surface area contributed by atoms with Crippen LogP contribution >= 0.6 is 0 Å². The summed E-state index contributed by atoms with van der Waals surface area (Å²) in [5, 5.41) is 5.08. The molecule has 2 aliphatic heterocycles. The number of carbonyl (C=O) groups excluding carboxylic acids is 2. The van der Waals surface area contributed by atoms with E-state index in [0.29, 0.717) is 13.3 Å². The summed E-state index contributed by atoms with van der Waals surface area (Å²) in [5.41, 5.74) is -0.273. The number of rotatable bonds is 8. The molecular formula is C28H32N4O4. The maximum atomic E-state index is 13.4. The van der Waals surface area contributed by atoms with Crippen molar-refractivity contribution in [3.63, 3.8) is 0 Å². The molecule has 0 aromatic heterocycles. The predicted molar refractivity (Wildman–Crippen MR) is 138 cm³/mol. The number of amides is 3. The first kappa shape index (κ1) is 24.1. The van der Waals surface area contributed by atoms with Gasteiger partial charge >= 0.3 is 6.03 Å². The summed E-state index contributed by atoms with van der Waals surface area (Å²) in [6, 6.07) is 21.2. The van der Waals surface area contributed by atoms with Crippen LogP contribution < -0.4 is 14.8 Å². The zero-order valence-corrected chi connectivity index (χ0v) is 20.8. The van der Waals surface area contributed by atoms with E-state index in [1.807, 2.05) is 66.7 Å². The second-order valence-electron chi connectivity index (χ2n) is 9.48. The molecule has 0 radical (unpaired) electrons. The summed E-state index contributed by atoms with van der Waals surface area (Å²) >= 11 is 0. The van der Waals surface area contributed by atoms with Crippen LogP contribution in [-0.2, 0) is 10.3 Å². The van der Waals surface area contributed by atoms with E-state index in [4.69, 9.17) is 9.47 Å². The quantitative estimate of drug-likeness (QED) is 0.491. The van der Waals surface area contributed by atoms with Crippen LogP contribution in [-0.4, -0.2) is 79.7 Å². The van der Waals surface area contributed by atoms with E-state index >= 15 is 0 Å². The minimum absolute atomic E-state index is 0.210. The van der Waals surface area contributed by atoms with Crippen LogP contribution in [0.1, 0.15) is 12.5 Å². The van der Waals surface area contributed by atoms with Gasteiger partial charge in [-0.1, -0.05) is 36.4 Å². The SMILES string of the molecule is COc1ccc(OCCN2CCN(CN3C(=O)N[C@@](C)(c4ccc5ccccc5c4)C3=O)CC2)cc1. The average Bonchev–Trinajstić information content (AvgIpc) is 3.13. The molecule has 1 atom stereocenters. The predicted octanol–water partition coefficient (Wildman–Crippen LogP) is 3.27. The first-order valence-corrected chi connectivity index (χ1v) is 12.3. The Morgan fingerprint density at radius 3 is 2.25 bits per heavy atom. The van der Waals surface area contributed by atoms with Crippen molar-refractivity contribution in [2.45, 2.75) is 12.5 Å². The number of hydrogen-bond donors (Lipinski definition) is 1. The van der Waals surface area contributed by atoms with E-state index in [1.54, 1.807) is 14.0 Å². The van der Waals surface area contributed by atoms with Crippen LogP contribution in [0.3, 0.4) is 0 Å². The number of benzene rings is 3. The Hall–Kier alpha value is -3.62. The zero-order valence-electron chi connectivity index (χ0n) is 20.8. The summed E-state index contributed by atoms with van der Waals surface area (Å²) in [4.78, 5) is 32.1. The van der Waals surface area contributed by atoms with Crippen molar-refractivity contribution in [3.8, 4) is 11.5 Å². The normalized spacial score (nSPS) is 21.1. The minimum Gasteiger partial charge on any atom is -0.497 e. The highest BCUT2D eigenvalue weighted by Crippen LogP contribution is 2.31. The van der Waals surface area contributed by atoms with E-state index in [-0.39, 0.29) is 11.9 Å². The maximum Gasteiger partial charge on any atom is 0.326 e. The van der Waals surface area contributed by atoms with E-state index in [2.05, 4.69) is 15.1 Å². The fraction of sp³-hybridized carbons (Fsp3) is 0.357. The number of nitrogens with one attached hydrogen (secondary N) is 1. The zero-order chi connectivity index (χ0) is 25.1. The van der Waals surface area contributed by atoms with Crippen molar-refractivity contribution < 1.29 is 19.1 Å². The highest BCUT2D eigenvalue weighted by molar-refractivity contribution is 6.07. The number of hydrogen-bond acceptors (Lipinski definition) is 6. The third kappa shape index (κ3) is 4.87. The van der Waals surface area contributed by atoms with Crippen molar-refractivity contribution >= 4 is 22.7 Å². The molecule has 8 heteroatoms. The lowest BCUT2D eigenvalue weighted by Gasteiger charge is -2.36. The van der Waals surface area contributed by atoms with Gasteiger partial charge in [0, 0.05) is 32.7 Å². The smallest absolute Gasteiger partial charge is 0.326 e. The summed E-state index contributed by atoms with van der Waals surface area (Å²) < 4.78 is 11.0. The van der Waals surface area contributed by atoms with Gasteiger partial charge in [0.15, 0.2) is 0 Å². The third-order valence-electron chi connectivity index (χ3n) is 7.14. The van der Waals surface area contributed by atoms with Crippen molar-refractivity contribution in [3.05, 3.63) is 72.3 Å². The number of carbonyl (C=O) groups is 2. The Labute approximate surface area is 211 Å². The lowest BCUT2D eigenvalue weighted by atomic mass is 9.90. The summed E-state index contributed by atoms with van der Waals surface area (Å²) in [7, 11) is 1.64. The molecule has 8 nitrogen and oxygen atoms in total. The monoisotopic (exact) mass is 488 g/mol. The number of ether oxygens (including phenoxy) is 2.